The van der Waals surface area contributed by atoms with Gasteiger partial charge in [0.15, 0.2) is 0 Å². The van der Waals surface area contributed by atoms with E-state index in [4.69, 9.17) is 0 Å². The quantitative estimate of drug-likeness (QED) is 0.794. The van der Waals surface area contributed by atoms with Crippen LogP contribution in [0, 0.1) is 0 Å². The van der Waals surface area contributed by atoms with Crippen LogP contribution in [0.25, 0.3) is 10.9 Å². The Bertz CT molecular complexity index is 1000. The minimum Gasteiger partial charge on any atom is -0.315 e. The normalized spacial score (nSPS) is 14.9. The fourth-order valence-electron chi connectivity index (χ4n) is 3.23. The van der Waals surface area contributed by atoms with E-state index in [0.717, 1.165) is 31.6 Å². The van der Waals surface area contributed by atoms with Gasteiger partial charge < -0.3 is 9.88 Å². The molecule has 0 saturated heterocycles. The Morgan fingerprint density at radius 2 is 2.08 bits per heavy atom. The molecule has 1 atom stereocenters. The summed E-state index contributed by atoms with van der Waals surface area (Å²) in [6, 6.07) is 6.46. The van der Waals surface area contributed by atoms with Crippen molar-refractivity contribution < 1.29 is 4.79 Å². The van der Waals surface area contributed by atoms with Gasteiger partial charge in [0.05, 0.1) is 23.4 Å². The highest BCUT2D eigenvalue weighted by Gasteiger charge is 2.21. The molecular formula is C18H19N5O2. The molecule has 1 N–H and O–H groups in total. The van der Waals surface area contributed by atoms with E-state index in [0.29, 0.717) is 16.7 Å². The van der Waals surface area contributed by atoms with Crippen LogP contribution in [-0.2, 0) is 17.8 Å². The van der Waals surface area contributed by atoms with Crippen LogP contribution in [-0.4, -0.2) is 25.0 Å². The summed E-state index contributed by atoms with van der Waals surface area (Å²) in [6.45, 7) is 2.55. The molecule has 4 rings (SSSR count). The maximum atomic E-state index is 12.6. The molecule has 128 valence electrons. The molecule has 1 amide bonds. The number of amides is 1. The van der Waals surface area contributed by atoms with Crippen LogP contribution in [0.3, 0.4) is 0 Å². The first kappa shape index (κ1) is 15.6. The Labute approximate surface area is 144 Å². The second-order valence-corrected chi connectivity index (χ2v) is 6.31. The summed E-state index contributed by atoms with van der Waals surface area (Å²) in [5.74, 6) is 1.43. The first-order valence-electron chi connectivity index (χ1n) is 8.46. The first-order chi connectivity index (χ1) is 12.1. The van der Waals surface area contributed by atoms with Crippen molar-refractivity contribution in [2.75, 3.05) is 5.32 Å². The van der Waals surface area contributed by atoms with Gasteiger partial charge in [-0.25, -0.2) is 9.97 Å². The zero-order valence-electron chi connectivity index (χ0n) is 14.0. The van der Waals surface area contributed by atoms with Gasteiger partial charge in [-0.2, -0.15) is 0 Å². The van der Waals surface area contributed by atoms with Gasteiger partial charge in [-0.3, -0.25) is 14.2 Å². The highest BCUT2D eigenvalue weighted by Crippen LogP contribution is 2.20. The molecule has 0 spiro atoms. The van der Waals surface area contributed by atoms with Crippen molar-refractivity contribution in [2.45, 2.75) is 38.8 Å². The number of aryl methyl sites for hydroxylation is 1. The molecule has 0 radical (unpaired) electrons. The summed E-state index contributed by atoms with van der Waals surface area (Å²) in [5.41, 5.74) is 0.407. The third-order valence-electron chi connectivity index (χ3n) is 4.71. The molecule has 0 bridgehead atoms. The number of carbonyl (C=O) groups is 1. The lowest BCUT2D eigenvalue weighted by atomic mass is 10.2. The maximum Gasteiger partial charge on any atom is 0.261 e. The second-order valence-electron chi connectivity index (χ2n) is 6.31. The molecule has 2 aromatic heterocycles. The molecule has 1 aliphatic heterocycles. The number of rotatable bonds is 3. The van der Waals surface area contributed by atoms with Gasteiger partial charge in [0.25, 0.3) is 5.56 Å². The van der Waals surface area contributed by atoms with Crippen LogP contribution in [0.4, 0.5) is 5.82 Å². The van der Waals surface area contributed by atoms with E-state index >= 15 is 0 Å². The smallest absolute Gasteiger partial charge is 0.261 e. The van der Waals surface area contributed by atoms with Crippen molar-refractivity contribution in [1.29, 1.82) is 0 Å². The van der Waals surface area contributed by atoms with E-state index < -0.39 is 6.04 Å². The lowest BCUT2D eigenvalue weighted by molar-refractivity contribution is -0.118. The van der Waals surface area contributed by atoms with E-state index in [1.165, 1.54) is 10.9 Å². The van der Waals surface area contributed by atoms with Crippen LogP contribution in [0.5, 0.6) is 0 Å². The second kappa shape index (κ2) is 6.16. The summed E-state index contributed by atoms with van der Waals surface area (Å²) >= 11 is 0. The van der Waals surface area contributed by atoms with Crippen molar-refractivity contribution in [3.63, 3.8) is 0 Å². The molecule has 1 aromatic carbocycles. The number of para-hydroxylation sites is 1. The molecule has 1 aliphatic rings. The fraction of sp³-hybridized carbons (Fsp3) is 0.333. The third-order valence-corrected chi connectivity index (χ3v) is 4.71. The summed E-state index contributed by atoms with van der Waals surface area (Å²) in [5, 5.41) is 3.40. The van der Waals surface area contributed by atoms with Gasteiger partial charge >= 0.3 is 0 Å². The number of hydrogen-bond acceptors (Lipinski definition) is 4. The minimum atomic E-state index is -0.667. The number of nitrogens with one attached hydrogen (secondary N) is 1. The Kier molecular flexibility index (Phi) is 3.83. The standard InChI is InChI=1S/C18H19N5O2/c1-12(23-11-20-14-7-3-2-6-13(14)18(23)25)17(24)21-16-10-19-15-8-4-5-9-22(15)16/h2-3,6-7,10-12H,4-5,8-9H2,1H3,(H,21,24)/t12-/m0/s1. The molecule has 25 heavy (non-hydrogen) atoms. The topological polar surface area (TPSA) is 81.8 Å². The van der Waals surface area contributed by atoms with Gasteiger partial charge in [-0.05, 0) is 31.9 Å². The van der Waals surface area contributed by atoms with E-state index in [9.17, 15) is 9.59 Å². The van der Waals surface area contributed by atoms with Crippen molar-refractivity contribution in [3.05, 3.63) is 53.0 Å². The van der Waals surface area contributed by atoms with Crippen molar-refractivity contribution >= 4 is 22.6 Å². The Balaban J connectivity index is 1.62. The number of imidazole rings is 1. The number of aromatic nitrogens is 4. The van der Waals surface area contributed by atoms with E-state index in [2.05, 4.69) is 15.3 Å². The number of anilines is 1. The molecular weight excluding hydrogens is 318 g/mol. The summed E-state index contributed by atoms with van der Waals surface area (Å²) in [6.07, 6.45) is 6.25. The Hall–Kier alpha value is -2.96. The molecule has 3 aromatic rings. The van der Waals surface area contributed by atoms with Crippen LogP contribution in [0.2, 0.25) is 0 Å². The largest absolute Gasteiger partial charge is 0.315 e. The monoisotopic (exact) mass is 337 g/mol. The minimum absolute atomic E-state index is 0.219. The van der Waals surface area contributed by atoms with Crippen molar-refractivity contribution in [1.82, 2.24) is 19.1 Å². The van der Waals surface area contributed by atoms with Gasteiger partial charge in [-0.15, -0.1) is 0 Å². The van der Waals surface area contributed by atoms with Crippen LogP contribution < -0.4 is 10.9 Å². The Morgan fingerprint density at radius 1 is 1.24 bits per heavy atom. The zero-order valence-corrected chi connectivity index (χ0v) is 14.0. The highest BCUT2D eigenvalue weighted by molar-refractivity contribution is 5.93. The summed E-state index contributed by atoms with van der Waals surface area (Å²) in [4.78, 5) is 33.9. The number of carbonyl (C=O) groups excluding carboxylic acids is 1. The average molecular weight is 337 g/mol. The van der Waals surface area contributed by atoms with Crippen molar-refractivity contribution in [2.24, 2.45) is 0 Å². The first-order valence-corrected chi connectivity index (χ1v) is 8.46. The molecule has 0 saturated carbocycles. The fourth-order valence-corrected chi connectivity index (χ4v) is 3.23. The maximum absolute atomic E-state index is 12.6. The van der Waals surface area contributed by atoms with Gasteiger partial charge in [0.1, 0.15) is 17.7 Å². The molecule has 7 nitrogen and oxygen atoms in total. The predicted octanol–water partition coefficient (Wildman–Crippen LogP) is 2.13. The molecule has 0 aliphatic carbocycles. The molecule has 7 heteroatoms. The van der Waals surface area contributed by atoms with E-state index in [-0.39, 0.29) is 11.5 Å². The number of hydrogen-bond donors (Lipinski definition) is 1. The van der Waals surface area contributed by atoms with Crippen molar-refractivity contribution in [3.8, 4) is 0 Å². The van der Waals surface area contributed by atoms with Gasteiger partial charge in [0.2, 0.25) is 5.91 Å². The summed E-state index contributed by atoms with van der Waals surface area (Å²) < 4.78 is 3.40. The van der Waals surface area contributed by atoms with Crippen LogP contribution >= 0.6 is 0 Å². The van der Waals surface area contributed by atoms with Gasteiger partial charge in [0, 0.05) is 13.0 Å². The van der Waals surface area contributed by atoms with E-state index in [1.54, 1.807) is 31.3 Å². The predicted molar refractivity (Wildman–Crippen MR) is 94.5 cm³/mol. The lowest BCUT2D eigenvalue weighted by Gasteiger charge is -2.19. The number of benzene rings is 1. The van der Waals surface area contributed by atoms with Gasteiger partial charge in [-0.1, -0.05) is 12.1 Å². The van der Waals surface area contributed by atoms with Crippen LogP contribution in [0.15, 0.2) is 41.6 Å². The van der Waals surface area contributed by atoms with Crippen LogP contribution in [0.1, 0.15) is 31.6 Å². The average Bonchev–Trinajstić information content (AvgIpc) is 3.05. The third kappa shape index (κ3) is 2.71. The SMILES string of the molecule is C[C@@H](C(=O)Nc1cnc2n1CCCC2)n1cnc2ccccc2c1=O. The molecule has 0 unspecified atom stereocenters. The summed E-state index contributed by atoms with van der Waals surface area (Å²) in [7, 11) is 0. The lowest BCUT2D eigenvalue weighted by Crippen LogP contribution is -2.32. The molecule has 3 heterocycles. The zero-order chi connectivity index (χ0) is 17.4. The number of fused-ring (bicyclic) bond motifs is 2. The highest BCUT2D eigenvalue weighted by atomic mass is 16.2. The Morgan fingerprint density at radius 3 is 2.96 bits per heavy atom. The molecule has 0 fully saturated rings. The number of nitrogens with zero attached hydrogens (tertiary/aromatic N) is 4. The van der Waals surface area contributed by atoms with E-state index in [1.807, 2.05) is 10.6 Å².